The Morgan fingerprint density at radius 2 is 1.79 bits per heavy atom. The topological polar surface area (TPSA) is 128 Å². The van der Waals surface area contributed by atoms with Crippen molar-refractivity contribution in [2.75, 3.05) is 30.3 Å². The molecule has 178 valence electrons. The molecule has 2 aliphatic rings. The van der Waals surface area contributed by atoms with Crippen LogP contribution in [-0.2, 0) is 25.6 Å². The Balaban J connectivity index is 1.26. The number of amides is 6. The van der Waals surface area contributed by atoms with Crippen LogP contribution in [0.1, 0.15) is 24.1 Å². The molecule has 2 saturated heterocycles. The third kappa shape index (κ3) is 5.60. The van der Waals surface area contributed by atoms with E-state index in [2.05, 4.69) is 16.0 Å². The Morgan fingerprint density at radius 3 is 2.44 bits per heavy atom. The number of thiophene rings is 1. The SMILES string of the molecule is O=C(CCN1C(=O)CNC1=O)Nc1ccc(NC(=O)C2CCCN2C(=O)Cc2cccs2)cc1. The fourth-order valence-electron chi connectivity index (χ4n) is 3.98. The molecule has 2 aliphatic heterocycles. The lowest BCUT2D eigenvalue weighted by molar-refractivity contribution is -0.136. The highest BCUT2D eigenvalue weighted by atomic mass is 32.1. The van der Waals surface area contributed by atoms with Gasteiger partial charge in [-0.3, -0.25) is 24.1 Å². The predicted octanol–water partition coefficient (Wildman–Crippen LogP) is 1.80. The first kappa shape index (κ1) is 23.4. The first-order chi connectivity index (χ1) is 16.4. The zero-order valence-corrected chi connectivity index (χ0v) is 19.2. The molecule has 0 radical (unpaired) electrons. The van der Waals surface area contributed by atoms with Crippen LogP contribution < -0.4 is 16.0 Å². The number of carbonyl (C=O) groups excluding carboxylic acids is 5. The Hall–Kier alpha value is -3.73. The molecule has 11 heteroatoms. The Bertz CT molecular complexity index is 1070. The van der Waals surface area contributed by atoms with E-state index >= 15 is 0 Å². The van der Waals surface area contributed by atoms with Gasteiger partial charge >= 0.3 is 6.03 Å². The third-order valence-electron chi connectivity index (χ3n) is 5.72. The van der Waals surface area contributed by atoms with Gasteiger partial charge in [-0.2, -0.15) is 0 Å². The minimum Gasteiger partial charge on any atom is -0.330 e. The van der Waals surface area contributed by atoms with Crippen molar-refractivity contribution >= 4 is 52.4 Å². The van der Waals surface area contributed by atoms with E-state index in [1.165, 1.54) is 11.3 Å². The van der Waals surface area contributed by atoms with Crippen LogP contribution in [0.15, 0.2) is 41.8 Å². The molecule has 0 bridgehead atoms. The van der Waals surface area contributed by atoms with E-state index in [0.29, 0.717) is 30.8 Å². The minimum atomic E-state index is -0.502. The lowest BCUT2D eigenvalue weighted by Crippen LogP contribution is -2.43. The normalized spacial score (nSPS) is 17.6. The molecule has 1 aromatic carbocycles. The Labute approximate surface area is 200 Å². The number of anilines is 2. The smallest absolute Gasteiger partial charge is 0.324 e. The summed E-state index contributed by atoms with van der Waals surface area (Å²) in [5.41, 5.74) is 1.08. The number of nitrogens with zero attached hydrogens (tertiary/aromatic N) is 2. The largest absolute Gasteiger partial charge is 0.330 e. The summed E-state index contributed by atoms with van der Waals surface area (Å²) in [6, 6.07) is 9.45. The lowest BCUT2D eigenvalue weighted by atomic mass is 10.2. The maximum atomic E-state index is 12.8. The summed E-state index contributed by atoms with van der Waals surface area (Å²) in [5.74, 6) is -0.976. The van der Waals surface area contributed by atoms with E-state index in [4.69, 9.17) is 0 Å². The number of carbonyl (C=O) groups is 5. The molecule has 0 aliphatic carbocycles. The number of likely N-dealkylation sites (tertiary alicyclic amines) is 1. The van der Waals surface area contributed by atoms with Crippen LogP contribution in [0.3, 0.4) is 0 Å². The molecular weight excluding hydrogens is 458 g/mol. The van der Waals surface area contributed by atoms with Crippen molar-refractivity contribution in [1.29, 1.82) is 0 Å². The highest BCUT2D eigenvalue weighted by Gasteiger charge is 2.34. The second-order valence-corrected chi connectivity index (χ2v) is 9.10. The monoisotopic (exact) mass is 483 g/mol. The van der Waals surface area contributed by atoms with Crippen LogP contribution in [0.2, 0.25) is 0 Å². The molecule has 6 amide bonds. The summed E-state index contributed by atoms with van der Waals surface area (Å²) in [6.07, 6.45) is 1.68. The van der Waals surface area contributed by atoms with Crippen LogP contribution in [-0.4, -0.2) is 65.1 Å². The lowest BCUT2D eigenvalue weighted by Gasteiger charge is -2.24. The van der Waals surface area contributed by atoms with Gasteiger partial charge in [0.15, 0.2) is 0 Å². The van der Waals surface area contributed by atoms with Crippen molar-refractivity contribution in [1.82, 2.24) is 15.1 Å². The average molecular weight is 484 g/mol. The molecule has 1 unspecified atom stereocenters. The van der Waals surface area contributed by atoms with Crippen LogP contribution >= 0.6 is 11.3 Å². The Morgan fingerprint density at radius 1 is 1.06 bits per heavy atom. The van der Waals surface area contributed by atoms with Crippen LogP contribution in [0.5, 0.6) is 0 Å². The number of urea groups is 1. The molecule has 4 rings (SSSR count). The fourth-order valence-corrected chi connectivity index (χ4v) is 4.68. The van der Waals surface area contributed by atoms with Gasteiger partial charge in [-0.15, -0.1) is 11.3 Å². The van der Waals surface area contributed by atoms with Gasteiger partial charge < -0.3 is 20.9 Å². The summed E-state index contributed by atoms with van der Waals surface area (Å²) >= 11 is 1.52. The van der Waals surface area contributed by atoms with Crippen molar-refractivity contribution in [3.63, 3.8) is 0 Å². The van der Waals surface area contributed by atoms with Crippen LogP contribution in [0, 0.1) is 0 Å². The molecule has 1 aromatic heterocycles. The first-order valence-corrected chi connectivity index (χ1v) is 11.9. The molecule has 2 fully saturated rings. The van der Waals surface area contributed by atoms with Gasteiger partial charge in [0.25, 0.3) is 0 Å². The Kier molecular flexibility index (Phi) is 7.21. The maximum absolute atomic E-state index is 12.8. The highest BCUT2D eigenvalue weighted by Crippen LogP contribution is 2.22. The summed E-state index contributed by atoms with van der Waals surface area (Å²) in [6.45, 7) is 0.529. The summed E-state index contributed by atoms with van der Waals surface area (Å²) < 4.78 is 0. The van der Waals surface area contributed by atoms with Gasteiger partial charge in [0.05, 0.1) is 13.0 Å². The molecule has 0 spiro atoms. The predicted molar refractivity (Wildman–Crippen MR) is 126 cm³/mol. The van der Waals surface area contributed by atoms with Crippen molar-refractivity contribution in [3.8, 4) is 0 Å². The molecule has 3 heterocycles. The van der Waals surface area contributed by atoms with E-state index in [1.54, 1.807) is 29.2 Å². The minimum absolute atomic E-state index is 0.00767. The number of nitrogens with one attached hydrogen (secondary N) is 3. The maximum Gasteiger partial charge on any atom is 0.324 e. The second kappa shape index (κ2) is 10.5. The number of rotatable bonds is 8. The fraction of sp³-hybridized carbons (Fsp3) is 0.348. The quantitative estimate of drug-likeness (QED) is 0.494. The number of hydrogen-bond donors (Lipinski definition) is 3. The van der Waals surface area contributed by atoms with E-state index in [1.807, 2.05) is 17.5 Å². The summed E-state index contributed by atoms with van der Waals surface area (Å²) in [4.78, 5) is 64.3. The third-order valence-corrected chi connectivity index (χ3v) is 6.59. The van der Waals surface area contributed by atoms with Crippen LogP contribution in [0.4, 0.5) is 16.2 Å². The molecular formula is C23H25N5O5S. The highest BCUT2D eigenvalue weighted by molar-refractivity contribution is 7.10. The van der Waals surface area contributed by atoms with Gasteiger partial charge in [0.1, 0.15) is 6.04 Å². The van der Waals surface area contributed by atoms with Gasteiger partial charge in [0, 0.05) is 35.8 Å². The summed E-state index contributed by atoms with van der Waals surface area (Å²) in [7, 11) is 0. The molecule has 34 heavy (non-hydrogen) atoms. The molecule has 3 N–H and O–H groups in total. The average Bonchev–Trinajstić information content (AvgIpc) is 3.56. The number of benzene rings is 1. The molecule has 0 saturated carbocycles. The van der Waals surface area contributed by atoms with Gasteiger partial charge in [0.2, 0.25) is 23.6 Å². The first-order valence-electron chi connectivity index (χ1n) is 11.0. The van der Waals surface area contributed by atoms with Gasteiger partial charge in [-0.1, -0.05) is 6.07 Å². The zero-order chi connectivity index (χ0) is 24.1. The van der Waals surface area contributed by atoms with E-state index in [9.17, 15) is 24.0 Å². The standard InChI is InChI=1S/C23H25N5O5S/c29-19(9-11-28-21(31)14-24-23(28)33)25-15-5-7-16(8-6-15)26-22(32)18-4-1-10-27(18)20(30)13-17-3-2-12-34-17/h2-3,5-8,12,18H,1,4,9-11,13-14H2,(H,24,33)(H,25,29)(H,26,32). The van der Waals surface area contributed by atoms with Crippen molar-refractivity contribution < 1.29 is 24.0 Å². The number of hydrogen-bond acceptors (Lipinski definition) is 6. The van der Waals surface area contributed by atoms with Crippen LogP contribution in [0.25, 0.3) is 0 Å². The number of imide groups is 1. The molecule has 1 atom stereocenters. The van der Waals surface area contributed by atoms with Crippen molar-refractivity contribution in [2.45, 2.75) is 31.7 Å². The van der Waals surface area contributed by atoms with Crippen molar-refractivity contribution in [2.24, 2.45) is 0 Å². The molecule has 10 nitrogen and oxygen atoms in total. The van der Waals surface area contributed by atoms with Crippen molar-refractivity contribution in [3.05, 3.63) is 46.7 Å². The zero-order valence-electron chi connectivity index (χ0n) is 18.4. The second-order valence-electron chi connectivity index (χ2n) is 8.07. The molecule has 2 aromatic rings. The van der Waals surface area contributed by atoms with E-state index < -0.39 is 12.1 Å². The van der Waals surface area contributed by atoms with Gasteiger partial charge in [-0.05, 0) is 48.6 Å². The summed E-state index contributed by atoms with van der Waals surface area (Å²) in [5, 5.41) is 9.88. The van der Waals surface area contributed by atoms with Gasteiger partial charge in [-0.25, -0.2) is 4.79 Å². The van der Waals surface area contributed by atoms with E-state index in [0.717, 1.165) is 16.2 Å². The van der Waals surface area contributed by atoms with E-state index in [-0.39, 0.29) is 43.1 Å².